The number of nitrogens with one attached hydrogen (secondary N) is 1. The van der Waals surface area contributed by atoms with Crippen LogP contribution in [0.25, 0.3) is 0 Å². The number of carbonyl (C=O) groups excluding carboxylic acids is 1. The molecule has 0 aromatic heterocycles. The molecule has 3 rings (SSSR count). The van der Waals surface area contributed by atoms with E-state index >= 15 is 0 Å². The molecular weight excluding hydrogens is 320 g/mol. The van der Waals surface area contributed by atoms with Crippen molar-refractivity contribution >= 4 is 5.91 Å². The van der Waals surface area contributed by atoms with Crippen molar-refractivity contribution in [1.82, 2.24) is 10.2 Å². The Bertz CT molecular complexity index is 709. The average Bonchev–Trinajstić information content (AvgIpc) is 3.10. The molecule has 1 heterocycles. The predicted molar refractivity (Wildman–Crippen MR) is 107 cm³/mol. The molecule has 26 heavy (non-hydrogen) atoms. The molecule has 2 aromatic rings. The minimum atomic E-state index is 0.150. The summed E-state index contributed by atoms with van der Waals surface area (Å²) in [7, 11) is 0. The summed E-state index contributed by atoms with van der Waals surface area (Å²) in [4.78, 5) is 15.2. The summed E-state index contributed by atoms with van der Waals surface area (Å²) in [6.07, 6.45) is 0. The Morgan fingerprint density at radius 1 is 1.08 bits per heavy atom. The van der Waals surface area contributed by atoms with E-state index in [-0.39, 0.29) is 5.91 Å². The van der Waals surface area contributed by atoms with Crippen LogP contribution in [0.1, 0.15) is 41.3 Å². The van der Waals surface area contributed by atoms with Gasteiger partial charge in [0.1, 0.15) is 0 Å². The van der Waals surface area contributed by atoms with Crippen LogP contribution >= 0.6 is 0 Å². The van der Waals surface area contributed by atoms with Gasteiger partial charge in [-0.05, 0) is 36.5 Å². The highest BCUT2D eigenvalue weighted by Crippen LogP contribution is 2.29. The molecule has 2 aromatic carbocycles. The van der Waals surface area contributed by atoms with Gasteiger partial charge in [0.25, 0.3) is 5.91 Å². The van der Waals surface area contributed by atoms with Crippen LogP contribution in [0.4, 0.5) is 0 Å². The second-order valence-electron chi connectivity index (χ2n) is 7.91. The Balaban J connectivity index is 1.77. The van der Waals surface area contributed by atoms with E-state index in [0.717, 1.165) is 31.7 Å². The molecule has 0 aliphatic carbocycles. The van der Waals surface area contributed by atoms with Crippen LogP contribution < -0.4 is 5.32 Å². The molecular formula is C23H30N2O. The fourth-order valence-corrected chi connectivity index (χ4v) is 3.86. The highest BCUT2D eigenvalue weighted by atomic mass is 16.2. The summed E-state index contributed by atoms with van der Waals surface area (Å²) in [5.41, 5.74) is 3.34. The van der Waals surface area contributed by atoms with Crippen molar-refractivity contribution in [3.63, 3.8) is 0 Å². The Morgan fingerprint density at radius 2 is 1.77 bits per heavy atom. The van der Waals surface area contributed by atoms with Gasteiger partial charge in [0, 0.05) is 37.7 Å². The van der Waals surface area contributed by atoms with Crippen LogP contribution in [0.15, 0.2) is 54.6 Å². The van der Waals surface area contributed by atoms with Gasteiger partial charge in [0.2, 0.25) is 0 Å². The highest BCUT2D eigenvalue weighted by molar-refractivity contribution is 5.94. The van der Waals surface area contributed by atoms with Crippen molar-refractivity contribution in [2.45, 2.75) is 26.7 Å². The van der Waals surface area contributed by atoms with Gasteiger partial charge in [0.05, 0.1) is 0 Å². The summed E-state index contributed by atoms with van der Waals surface area (Å²) >= 11 is 0. The number of nitrogens with zero attached hydrogens (tertiary/aromatic N) is 1. The van der Waals surface area contributed by atoms with E-state index < -0.39 is 0 Å². The first-order valence-electron chi connectivity index (χ1n) is 9.66. The quantitative estimate of drug-likeness (QED) is 0.851. The second-order valence-corrected chi connectivity index (χ2v) is 7.91. The van der Waals surface area contributed by atoms with Crippen LogP contribution in [0.2, 0.25) is 0 Å². The molecule has 1 aliphatic heterocycles. The van der Waals surface area contributed by atoms with Crippen molar-refractivity contribution in [3.8, 4) is 0 Å². The summed E-state index contributed by atoms with van der Waals surface area (Å²) in [5, 5.41) is 3.53. The molecule has 2 atom stereocenters. The van der Waals surface area contributed by atoms with Crippen LogP contribution in [-0.2, 0) is 0 Å². The number of aryl methyl sites for hydroxylation is 1. The molecule has 3 nitrogen and oxygen atoms in total. The smallest absolute Gasteiger partial charge is 0.253 e. The molecule has 1 N–H and O–H groups in total. The van der Waals surface area contributed by atoms with Gasteiger partial charge < -0.3 is 10.2 Å². The first-order chi connectivity index (χ1) is 12.5. The van der Waals surface area contributed by atoms with Crippen LogP contribution in [-0.4, -0.2) is 37.0 Å². The molecule has 1 aliphatic rings. The lowest BCUT2D eigenvalue weighted by Crippen LogP contribution is -2.39. The Labute approximate surface area is 157 Å². The molecule has 2 unspecified atom stereocenters. The first kappa shape index (κ1) is 18.7. The average molecular weight is 351 g/mol. The third-order valence-electron chi connectivity index (χ3n) is 5.19. The van der Waals surface area contributed by atoms with Crippen molar-refractivity contribution in [1.29, 1.82) is 0 Å². The number of amides is 1. The maximum absolute atomic E-state index is 13.1. The lowest BCUT2D eigenvalue weighted by atomic mass is 9.88. The minimum absolute atomic E-state index is 0.150. The van der Waals surface area contributed by atoms with E-state index in [1.807, 2.05) is 24.3 Å². The number of hydrogen-bond acceptors (Lipinski definition) is 2. The summed E-state index contributed by atoms with van der Waals surface area (Å²) < 4.78 is 0. The van der Waals surface area contributed by atoms with Gasteiger partial charge in [0.15, 0.2) is 0 Å². The molecule has 1 saturated heterocycles. The topological polar surface area (TPSA) is 32.3 Å². The summed E-state index contributed by atoms with van der Waals surface area (Å²) in [6, 6.07) is 18.6. The third-order valence-corrected chi connectivity index (χ3v) is 5.19. The van der Waals surface area contributed by atoms with Gasteiger partial charge in [-0.2, -0.15) is 0 Å². The van der Waals surface area contributed by atoms with Crippen LogP contribution in [0, 0.1) is 18.8 Å². The summed E-state index contributed by atoms with van der Waals surface area (Å²) in [6.45, 7) is 9.96. The predicted octanol–water partition coefficient (Wildman–Crippen LogP) is 4.10. The Hall–Kier alpha value is -2.13. The van der Waals surface area contributed by atoms with Crippen LogP contribution in [0.5, 0.6) is 0 Å². The summed E-state index contributed by atoms with van der Waals surface area (Å²) in [5.74, 6) is 1.52. The second kappa shape index (κ2) is 8.50. The molecule has 0 saturated carbocycles. The molecule has 1 fully saturated rings. The lowest BCUT2D eigenvalue weighted by Gasteiger charge is -2.30. The van der Waals surface area contributed by atoms with Gasteiger partial charge >= 0.3 is 0 Å². The Kier molecular flexibility index (Phi) is 6.10. The van der Waals surface area contributed by atoms with Gasteiger partial charge in [-0.1, -0.05) is 61.9 Å². The normalized spacial score (nSPS) is 19.7. The largest absolute Gasteiger partial charge is 0.338 e. The van der Waals surface area contributed by atoms with Crippen molar-refractivity contribution in [2.24, 2.45) is 11.8 Å². The molecule has 0 spiro atoms. The molecule has 0 bridgehead atoms. The zero-order valence-corrected chi connectivity index (χ0v) is 16.1. The molecule has 3 heteroatoms. The van der Waals surface area contributed by atoms with Gasteiger partial charge in [-0.15, -0.1) is 0 Å². The maximum atomic E-state index is 13.1. The highest BCUT2D eigenvalue weighted by Gasteiger charge is 2.31. The lowest BCUT2D eigenvalue weighted by molar-refractivity contribution is 0.0706. The van der Waals surface area contributed by atoms with E-state index in [4.69, 9.17) is 0 Å². The third kappa shape index (κ3) is 4.53. The monoisotopic (exact) mass is 350 g/mol. The molecule has 1 amide bonds. The SMILES string of the molecule is Cc1ccc(C(=O)N(CC(C)C)CC2CNCC2c2ccccc2)cc1. The fourth-order valence-electron chi connectivity index (χ4n) is 3.86. The molecule has 138 valence electrons. The van der Waals surface area contributed by atoms with Gasteiger partial charge in [-0.3, -0.25) is 4.79 Å². The van der Waals surface area contributed by atoms with E-state index in [1.54, 1.807) is 0 Å². The zero-order valence-electron chi connectivity index (χ0n) is 16.1. The fraction of sp³-hybridized carbons (Fsp3) is 0.435. The van der Waals surface area contributed by atoms with E-state index in [1.165, 1.54) is 11.1 Å². The van der Waals surface area contributed by atoms with E-state index in [9.17, 15) is 4.79 Å². The Morgan fingerprint density at radius 3 is 2.42 bits per heavy atom. The van der Waals surface area contributed by atoms with Crippen molar-refractivity contribution in [2.75, 3.05) is 26.2 Å². The maximum Gasteiger partial charge on any atom is 0.253 e. The zero-order chi connectivity index (χ0) is 18.5. The van der Waals surface area contributed by atoms with Crippen molar-refractivity contribution < 1.29 is 4.79 Å². The standard InChI is InChI=1S/C23H30N2O/c1-17(2)15-25(23(26)20-11-9-18(3)10-12-20)16-21-13-24-14-22(21)19-7-5-4-6-8-19/h4-12,17,21-22,24H,13-16H2,1-3H3. The van der Waals surface area contributed by atoms with E-state index in [2.05, 4.69) is 61.3 Å². The number of rotatable bonds is 6. The molecule has 0 radical (unpaired) electrons. The van der Waals surface area contributed by atoms with Crippen LogP contribution in [0.3, 0.4) is 0 Å². The van der Waals surface area contributed by atoms with Gasteiger partial charge in [-0.25, -0.2) is 0 Å². The number of carbonyl (C=O) groups is 1. The van der Waals surface area contributed by atoms with E-state index in [0.29, 0.717) is 17.8 Å². The number of hydrogen-bond donors (Lipinski definition) is 1. The number of benzene rings is 2. The first-order valence-corrected chi connectivity index (χ1v) is 9.66. The van der Waals surface area contributed by atoms with Crippen molar-refractivity contribution in [3.05, 3.63) is 71.3 Å². The minimum Gasteiger partial charge on any atom is -0.338 e.